The van der Waals surface area contributed by atoms with Crippen LogP contribution in [0.3, 0.4) is 0 Å². The smallest absolute Gasteiger partial charge is 0.306 e. The Labute approximate surface area is 861 Å². The van der Waals surface area contributed by atoms with Gasteiger partial charge in [-0.2, -0.15) is 0 Å². The molecule has 34 atom stereocenters. The van der Waals surface area contributed by atoms with E-state index >= 15 is 0 Å². The molecule has 17 nitrogen and oxygen atoms in total. The van der Waals surface area contributed by atoms with Crippen molar-refractivity contribution in [3.63, 3.8) is 0 Å². The number of carbonyl (C=O) groups is 4. The minimum absolute atomic E-state index is 0. The number of aliphatic hydroxyl groups excluding tert-OH is 4. The number of hydrogen-bond donors (Lipinski definition) is 5. The summed E-state index contributed by atoms with van der Waals surface area (Å²) >= 11 is 0. The van der Waals surface area contributed by atoms with Crippen molar-refractivity contribution in [3.05, 3.63) is 265 Å². The van der Waals surface area contributed by atoms with E-state index in [2.05, 4.69) is 246 Å². The van der Waals surface area contributed by atoms with E-state index in [1.54, 1.807) is 6.08 Å². The summed E-state index contributed by atoms with van der Waals surface area (Å²) in [5.74, 6) is 4.17. The van der Waals surface area contributed by atoms with Gasteiger partial charge in [0.1, 0.15) is 18.3 Å². The molecule has 14 rings (SSSR count). The number of carboxylic acid groups (broad SMARTS) is 1. The third kappa shape index (κ3) is 41.6. The molecule has 5 N–H and O–H groups in total. The first kappa shape index (κ1) is 121. The molecule has 5 aromatic rings. The first-order valence-electron chi connectivity index (χ1n) is 47.2. The molecule has 0 spiro atoms. The van der Waals surface area contributed by atoms with Gasteiger partial charge in [-0.3, -0.25) is 19.2 Å². The average Bonchev–Trinajstić information content (AvgIpc) is 1.65. The molecule has 0 aromatic heterocycles. The normalized spacial score (nSPS) is 29.3. The zero-order chi connectivity index (χ0) is 91.7. The fourth-order valence-electron chi connectivity index (χ4n) is 20.5. The minimum Gasteiger partial charge on any atom is -0.481 e. The Morgan fingerprint density at radius 2 is 0.799 bits per heavy atom. The molecular weight excluding hydrogens is 1950 g/mol. The number of hydrogen-bond acceptors (Lipinski definition) is 16. The van der Waals surface area contributed by atoms with Gasteiger partial charge in [0.25, 0.3) is 0 Å². The third-order valence-electron chi connectivity index (χ3n) is 27.4. The summed E-state index contributed by atoms with van der Waals surface area (Å²) < 4.78 is 45.9. The van der Waals surface area contributed by atoms with Gasteiger partial charge in [0, 0.05) is 132 Å². The van der Waals surface area contributed by atoms with Gasteiger partial charge in [0.15, 0.2) is 6.29 Å². The summed E-state index contributed by atoms with van der Waals surface area (Å²) in [6.07, 6.45) is 50.6. The minimum atomic E-state index is -0.747. The molecule has 744 valence electrons. The zero-order valence-corrected chi connectivity index (χ0v) is 86.8. The maximum atomic E-state index is 12.1. The fraction of sp³-hybridized carbons (Fsp3) is 0.556. The van der Waals surface area contributed by atoms with Crippen LogP contribution < -0.4 is 0 Å². The second-order valence-electron chi connectivity index (χ2n) is 36.6. The summed E-state index contributed by atoms with van der Waals surface area (Å²) in [5.41, 5.74) is 6.57. The molecule has 3 saturated heterocycles. The Bertz CT molecular complexity index is 4270. The number of rotatable bonds is 39. The summed E-state index contributed by atoms with van der Waals surface area (Å²) in [5, 5.41) is 49.2. The summed E-state index contributed by atoms with van der Waals surface area (Å²) in [6.45, 7) is 9.06. The van der Waals surface area contributed by atoms with Gasteiger partial charge in [-0.15, -0.1) is 0 Å². The molecule has 4 heterocycles. The van der Waals surface area contributed by atoms with Crippen molar-refractivity contribution >= 4 is 93.6 Å². The van der Waals surface area contributed by atoms with Gasteiger partial charge in [0.2, 0.25) is 0 Å². The monoisotopic (exact) mass is 2110 g/mol. The molecule has 5 aromatic carbocycles. The molecular formula is C108H162O17P8Xe. The number of unbranched alkanes of at least 4 members (excludes halogenated alkanes) is 1. The van der Waals surface area contributed by atoms with Crippen molar-refractivity contribution in [2.45, 2.75) is 298 Å². The van der Waals surface area contributed by atoms with Crippen LogP contribution in [0, 0.1) is 132 Å². The van der Waals surface area contributed by atoms with Crippen molar-refractivity contribution in [2.75, 3.05) is 0 Å². The first-order chi connectivity index (χ1) is 62.6. The van der Waals surface area contributed by atoms with Crippen LogP contribution in [-0.4, -0.2) is 123 Å². The van der Waals surface area contributed by atoms with E-state index in [4.69, 9.17) is 42.1 Å². The topological polar surface area (TPSA) is 243 Å². The van der Waals surface area contributed by atoms with Gasteiger partial charge >= 0.3 is 23.9 Å². The van der Waals surface area contributed by atoms with Crippen LogP contribution in [0.1, 0.15) is 220 Å². The number of benzene rings is 5. The molecule has 26 heteroatoms. The average molecular weight is 2110 g/mol. The predicted octanol–water partition coefficient (Wildman–Crippen LogP) is 25.3. The predicted molar refractivity (Wildman–Crippen MR) is 568 cm³/mol. The molecule has 4 aliphatic heterocycles. The number of aliphatic hydroxyl groups is 4. The molecule has 0 bridgehead atoms. The van der Waals surface area contributed by atoms with E-state index in [0.717, 1.165) is 122 Å². The number of allylic oxidation sites excluding steroid dienone is 8. The van der Waals surface area contributed by atoms with Crippen molar-refractivity contribution in [3.8, 4) is 0 Å². The maximum Gasteiger partial charge on any atom is 0.306 e. The summed E-state index contributed by atoms with van der Waals surface area (Å²) in [7, 11) is 12.3. The SMILES string of the molecule is C.C.C.C.C[C@@H]1C[C@@H]2OC(=O)CCC/C=C\C[C@@H]2[C@H]1/C=C/[C@H](CCc1ccccc1)OPP.C[C@@H]1C[C@@H]2OC(=O)C[C@@H]2[C@H]1/C=C/[C@H](CCc1ccccc1)OPP.C[C@@H]1C[C@@H]2OC(O)C[C@@H]2[C@H]1/C=C/[C@H](CCc1ccccc1)OPP.C[C@@H]1C[C@H](O)[C@H](CC=CCCCC(=O)O)[C@H]1/C=C/[C@H](CCc1ccccc1)OPP.O=C1C[C@@H]2[C@@H](/C=C/[C@@H](O)CCc3ccccc3)[C@H](O)C[C@@H]2O1.[Xe]. The standard InChI is InChI=1S/C24H36O4P2.C24H34O3P2.C19H28O3P2.C19H26O3P2.C18H22O4.4CH4.Xe/c1-18-17-23(25)22(11-7-2-3-8-12-24(26)27)21(18)16-15-20(28-30-29)14-13-19-9-5-4-6-10-19;1-18-17-23-22(11-7-2-3-8-12-24(25)26-23)21(18)16-15-20(27-29-28)14-13-19-9-5-4-6-10-19;2*1-13-11-18-17(12-19(20)21-18)16(13)10-9-15(22-24-23)8-7-14-5-3-2-4-6-14;19-13(7-6-12-4-2-1-3-5-12)8-9-14-15-10-18(21)22-17(15)11-16(14)20;;;;;/h2,4-7,9-10,15-16,18,20-23,25,30H,3,8,11-14,17,29H2,1H3,(H,26,27);2,4-7,9-10,15-16,18,20-23,29H,3,8,11-14,17,28H2,1H3;2-6,9-10,13,15-20,24H,7-8,11-12,23H2,1H3;2-6,9-10,13,15-18,24H,7-8,11-12,23H2,1H3;1-5,8-9,13-17,19-20H,6-7,10-11H2;4*1H4;/b7-2?,16-15+;7-2-,16-15+;2*10-9+;9-8+;;;;;/t2*18-,20+,21+,22-,23+;13-,15+,16+,17-,18+,19?;13-,15+,16+,17-,18+;13-,14+,15+,16+,17-;;;;;/m11110...../s1. The van der Waals surface area contributed by atoms with E-state index in [0.29, 0.717) is 138 Å². The second-order valence-corrected chi connectivity index (χ2v) is 41.3. The van der Waals surface area contributed by atoms with E-state index in [1.165, 1.54) is 27.8 Å². The Morgan fingerprint density at radius 3 is 1.23 bits per heavy atom. The summed E-state index contributed by atoms with van der Waals surface area (Å²) in [4.78, 5) is 45.6. The molecule has 5 aliphatic carbocycles. The van der Waals surface area contributed by atoms with Crippen molar-refractivity contribution in [1.82, 2.24) is 0 Å². The van der Waals surface area contributed by atoms with Gasteiger partial charge in [-0.05, 0) is 215 Å². The largest absolute Gasteiger partial charge is 0.481 e. The molecule has 5 saturated carbocycles. The Morgan fingerprint density at radius 1 is 0.433 bits per heavy atom. The number of fused-ring (bicyclic) bond motifs is 4. The number of aryl methyl sites for hydroxylation is 5. The Hall–Kier alpha value is -3.19. The van der Waals surface area contributed by atoms with Gasteiger partial charge < -0.3 is 62.6 Å². The molecule has 0 radical (unpaired) electrons. The Balaban J connectivity index is 0.000000294. The van der Waals surface area contributed by atoms with Crippen LogP contribution in [0.15, 0.2) is 237 Å². The fourth-order valence-corrected chi connectivity index (χ4v) is 24.1. The number of aliphatic carboxylic acids is 1. The van der Waals surface area contributed by atoms with Crippen LogP contribution in [0.5, 0.6) is 0 Å². The first-order valence-corrected chi connectivity index (χ1v) is 58.1. The number of esters is 3. The van der Waals surface area contributed by atoms with Gasteiger partial charge in [-0.25, -0.2) is 0 Å². The van der Waals surface area contributed by atoms with Gasteiger partial charge in [0.05, 0.1) is 61.7 Å². The maximum absolute atomic E-state index is 12.1. The molecule has 134 heavy (non-hydrogen) atoms. The Kier molecular flexibility index (Phi) is 61.0. The molecule has 9 unspecified atom stereocenters. The molecule has 9 aliphatic rings. The summed E-state index contributed by atoms with van der Waals surface area (Å²) in [6, 6.07) is 52.2. The van der Waals surface area contributed by atoms with Crippen molar-refractivity contribution in [2.24, 2.45) is 82.9 Å². The van der Waals surface area contributed by atoms with Crippen LogP contribution in [0.25, 0.3) is 0 Å². The van der Waals surface area contributed by atoms with Crippen LogP contribution in [0.2, 0.25) is 0 Å². The van der Waals surface area contributed by atoms with E-state index in [9.17, 15) is 39.6 Å². The number of carboxylic acids is 1. The second kappa shape index (κ2) is 67.4. The van der Waals surface area contributed by atoms with E-state index < -0.39 is 24.5 Å². The van der Waals surface area contributed by atoms with Crippen LogP contribution in [-0.2, 0) is 88.3 Å². The van der Waals surface area contributed by atoms with Gasteiger partial charge in [-0.1, -0.05) is 330 Å². The van der Waals surface area contributed by atoms with Crippen molar-refractivity contribution < 1.29 is 131 Å². The van der Waals surface area contributed by atoms with Crippen molar-refractivity contribution in [1.29, 1.82) is 0 Å². The van der Waals surface area contributed by atoms with Crippen LogP contribution >= 0.6 is 69.7 Å². The number of ether oxygens (including phenoxy) is 4. The zero-order valence-electron chi connectivity index (χ0n) is 76.2. The third-order valence-corrected chi connectivity index (χ3v) is 30.8. The van der Waals surface area contributed by atoms with E-state index in [-0.39, 0.29) is 176 Å². The van der Waals surface area contributed by atoms with E-state index in [1.807, 2.05) is 48.5 Å². The van der Waals surface area contributed by atoms with Crippen LogP contribution in [0.4, 0.5) is 0 Å². The number of carbonyl (C=O) groups excluding carboxylic acids is 3. The molecule has 8 fully saturated rings. The quantitative estimate of drug-likeness (QED) is 0.00807. The molecule has 0 amide bonds.